The van der Waals surface area contributed by atoms with Crippen LogP contribution in [0.2, 0.25) is 0 Å². The fourth-order valence-corrected chi connectivity index (χ4v) is 1.50. The van der Waals surface area contributed by atoms with E-state index in [9.17, 15) is 4.79 Å². The Balaban J connectivity index is 2.29. The highest BCUT2D eigenvalue weighted by atomic mass is 16.5. The van der Waals surface area contributed by atoms with E-state index in [1.807, 2.05) is 24.3 Å². The summed E-state index contributed by atoms with van der Waals surface area (Å²) < 4.78 is 5.22. The van der Waals surface area contributed by atoms with Gasteiger partial charge in [-0.3, -0.25) is 4.79 Å². The van der Waals surface area contributed by atoms with Crippen molar-refractivity contribution >= 4 is 12.0 Å². The standard InChI is InChI=1S/C13H20N2O2/c14-7-2-1-3-8-15-12-5-4-6-13(11-12)17-10-9-16/h4-6,9,11,15H,1-3,7-8,10,14H2. The SMILES string of the molecule is NCCCCCNc1cccc(OCC=O)c1. The molecule has 0 aromatic heterocycles. The number of unbranched alkanes of at least 4 members (excludes halogenated alkanes) is 2. The molecule has 0 spiro atoms. The van der Waals surface area contributed by atoms with Gasteiger partial charge in [0.2, 0.25) is 0 Å². The van der Waals surface area contributed by atoms with E-state index in [1.54, 1.807) is 0 Å². The van der Waals surface area contributed by atoms with Crippen LogP contribution < -0.4 is 15.8 Å². The van der Waals surface area contributed by atoms with E-state index in [0.29, 0.717) is 5.75 Å². The summed E-state index contributed by atoms with van der Waals surface area (Å²) in [7, 11) is 0. The first-order chi connectivity index (χ1) is 8.36. The van der Waals surface area contributed by atoms with Crippen LogP contribution in [0, 0.1) is 0 Å². The van der Waals surface area contributed by atoms with Gasteiger partial charge in [-0.05, 0) is 31.5 Å². The van der Waals surface area contributed by atoms with Crippen molar-refractivity contribution in [3.63, 3.8) is 0 Å². The Bertz CT molecular complexity index is 329. The van der Waals surface area contributed by atoms with Gasteiger partial charge in [-0.25, -0.2) is 0 Å². The molecule has 1 aromatic rings. The molecule has 94 valence electrons. The van der Waals surface area contributed by atoms with Gasteiger partial charge in [0, 0.05) is 18.3 Å². The van der Waals surface area contributed by atoms with E-state index in [2.05, 4.69) is 5.32 Å². The number of nitrogens with one attached hydrogen (secondary N) is 1. The summed E-state index contributed by atoms with van der Waals surface area (Å²) in [5.41, 5.74) is 6.44. The smallest absolute Gasteiger partial charge is 0.157 e. The van der Waals surface area contributed by atoms with Crippen molar-refractivity contribution in [3.8, 4) is 5.75 Å². The van der Waals surface area contributed by atoms with Crippen molar-refractivity contribution < 1.29 is 9.53 Å². The molecule has 1 rings (SSSR count). The number of hydrogen-bond donors (Lipinski definition) is 2. The van der Waals surface area contributed by atoms with Crippen LogP contribution in [0.4, 0.5) is 5.69 Å². The van der Waals surface area contributed by atoms with Gasteiger partial charge in [0.1, 0.15) is 12.4 Å². The molecule has 0 atom stereocenters. The molecule has 4 nitrogen and oxygen atoms in total. The van der Waals surface area contributed by atoms with Crippen molar-refractivity contribution in [2.45, 2.75) is 19.3 Å². The number of carbonyl (C=O) groups is 1. The van der Waals surface area contributed by atoms with E-state index in [1.165, 1.54) is 0 Å². The van der Waals surface area contributed by atoms with Gasteiger partial charge in [0.15, 0.2) is 6.29 Å². The molecule has 0 radical (unpaired) electrons. The molecule has 3 N–H and O–H groups in total. The lowest BCUT2D eigenvalue weighted by Gasteiger charge is -2.08. The first-order valence-electron chi connectivity index (χ1n) is 5.97. The zero-order valence-corrected chi connectivity index (χ0v) is 10.0. The largest absolute Gasteiger partial charge is 0.486 e. The van der Waals surface area contributed by atoms with E-state index in [-0.39, 0.29) is 6.61 Å². The summed E-state index contributed by atoms with van der Waals surface area (Å²) in [5, 5.41) is 3.31. The van der Waals surface area contributed by atoms with Gasteiger partial charge < -0.3 is 15.8 Å². The maximum absolute atomic E-state index is 10.2. The van der Waals surface area contributed by atoms with E-state index in [4.69, 9.17) is 10.5 Å². The van der Waals surface area contributed by atoms with Crippen molar-refractivity contribution in [2.75, 3.05) is 25.0 Å². The summed E-state index contributed by atoms with van der Waals surface area (Å²) in [6.45, 7) is 1.78. The van der Waals surface area contributed by atoms with E-state index in [0.717, 1.165) is 44.3 Å². The number of benzene rings is 1. The number of nitrogens with two attached hydrogens (primary N) is 1. The molecule has 0 amide bonds. The Morgan fingerprint density at radius 2 is 2.18 bits per heavy atom. The molecule has 1 aromatic carbocycles. The summed E-state index contributed by atoms with van der Waals surface area (Å²) in [6.07, 6.45) is 4.07. The van der Waals surface area contributed by atoms with Crippen LogP contribution in [-0.2, 0) is 4.79 Å². The van der Waals surface area contributed by atoms with Crippen molar-refractivity contribution in [3.05, 3.63) is 24.3 Å². The molecule has 0 aliphatic heterocycles. The van der Waals surface area contributed by atoms with Crippen LogP contribution in [0.5, 0.6) is 5.75 Å². The van der Waals surface area contributed by atoms with Crippen LogP contribution in [0.15, 0.2) is 24.3 Å². The average Bonchev–Trinajstić information content (AvgIpc) is 2.37. The molecule has 0 heterocycles. The van der Waals surface area contributed by atoms with Gasteiger partial charge in [-0.15, -0.1) is 0 Å². The van der Waals surface area contributed by atoms with E-state index < -0.39 is 0 Å². The quantitative estimate of drug-likeness (QED) is 0.507. The lowest BCUT2D eigenvalue weighted by molar-refractivity contribution is -0.109. The predicted octanol–water partition coefficient (Wildman–Crippen LogP) is 1.81. The van der Waals surface area contributed by atoms with Crippen LogP contribution >= 0.6 is 0 Å². The van der Waals surface area contributed by atoms with Gasteiger partial charge in [0.25, 0.3) is 0 Å². The Kier molecular flexibility index (Phi) is 6.82. The molecule has 0 unspecified atom stereocenters. The number of ether oxygens (including phenoxy) is 1. The molecule has 0 saturated heterocycles. The Morgan fingerprint density at radius 3 is 2.94 bits per heavy atom. The van der Waals surface area contributed by atoms with Gasteiger partial charge in [-0.2, -0.15) is 0 Å². The first-order valence-corrected chi connectivity index (χ1v) is 5.97. The predicted molar refractivity (Wildman–Crippen MR) is 69.4 cm³/mol. The molecular weight excluding hydrogens is 216 g/mol. The summed E-state index contributed by atoms with van der Waals surface area (Å²) in [4.78, 5) is 10.2. The number of carbonyl (C=O) groups excluding carboxylic acids is 1. The Labute approximate surface area is 102 Å². The fraction of sp³-hybridized carbons (Fsp3) is 0.462. The second kappa shape index (κ2) is 8.58. The highest BCUT2D eigenvalue weighted by Crippen LogP contribution is 2.17. The maximum atomic E-state index is 10.2. The summed E-state index contributed by atoms with van der Waals surface area (Å²) in [6, 6.07) is 7.62. The summed E-state index contributed by atoms with van der Waals surface area (Å²) in [5.74, 6) is 0.712. The van der Waals surface area contributed by atoms with Crippen LogP contribution in [0.3, 0.4) is 0 Å². The molecule has 0 aliphatic carbocycles. The van der Waals surface area contributed by atoms with Crippen LogP contribution in [0.25, 0.3) is 0 Å². The van der Waals surface area contributed by atoms with Crippen LogP contribution in [0.1, 0.15) is 19.3 Å². The third-order valence-corrected chi connectivity index (χ3v) is 2.36. The number of rotatable bonds is 9. The zero-order chi connectivity index (χ0) is 12.3. The van der Waals surface area contributed by atoms with Gasteiger partial charge in [-0.1, -0.05) is 12.5 Å². The fourth-order valence-electron chi connectivity index (χ4n) is 1.50. The molecule has 0 saturated carbocycles. The third-order valence-electron chi connectivity index (χ3n) is 2.36. The second-order valence-corrected chi connectivity index (χ2v) is 3.78. The van der Waals surface area contributed by atoms with E-state index >= 15 is 0 Å². The second-order valence-electron chi connectivity index (χ2n) is 3.78. The number of anilines is 1. The minimum atomic E-state index is 0.0972. The highest BCUT2D eigenvalue weighted by molar-refractivity contribution is 5.53. The topological polar surface area (TPSA) is 64.3 Å². The number of hydrogen-bond acceptors (Lipinski definition) is 4. The zero-order valence-electron chi connectivity index (χ0n) is 10.0. The first kappa shape index (κ1) is 13.5. The molecule has 0 aliphatic rings. The monoisotopic (exact) mass is 236 g/mol. The van der Waals surface area contributed by atoms with Crippen molar-refractivity contribution in [2.24, 2.45) is 5.73 Å². The Morgan fingerprint density at radius 1 is 1.29 bits per heavy atom. The number of aldehydes is 1. The molecule has 0 fully saturated rings. The minimum Gasteiger partial charge on any atom is -0.486 e. The lowest BCUT2D eigenvalue weighted by atomic mass is 10.2. The van der Waals surface area contributed by atoms with Gasteiger partial charge in [0.05, 0.1) is 0 Å². The molecular formula is C13H20N2O2. The highest BCUT2D eigenvalue weighted by Gasteiger charge is 1.96. The van der Waals surface area contributed by atoms with Gasteiger partial charge >= 0.3 is 0 Å². The molecule has 17 heavy (non-hydrogen) atoms. The van der Waals surface area contributed by atoms with Crippen LogP contribution in [-0.4, -0.2) is 26.0 Å². The average molecular weight is 236 g/mol. The normalized spacial score (nSPS) is 9.94. The minimum absolute atomic E-state index is 0.0972. The molecule has 0 bridgehead atoms. The maximum Gasteiger partial charge on any atom is 0.157 e. The third kappa shape index (κ3) is 5.92. The summed E-state index contributed by atoms with van der Waals surface area (Å²) >= 11 is 0. The van der Waals surface area contributed by atoms with Crippen molar-refractivity contribution in [1.82, 2.24) is 0 Å². The lowest BCUT2D eigenvalue weighted by Crippen LogP contribution is -2.04. The van der Waals surface area contributed by atoms with Crippen molar-refractivity contribution in [1.29, 1.82) is 0 Å². The Hall–Kier alpha value is -1.55. The molecule has 4 heteroatoms.